The molecular formula is C33H29ClN4O2SZn. The van der Waals surface area contributed by atoms with Crippen LogP contribution in [0, 0.1) is 6.92 Å². The Morgan fingerprint density at radius 2 is 0.952 bits per heavy atom. The molecule has 5 aromatic carbocycles. The van der Waals surface area contributed by atoms with Crippen molar-refractivity contribution in [1.29, 1.82) is 0 Å². The number of hydrogen-bond donors (Lipinski definition) is 0. The van der Waals surface area contributed by atoms with E-state index in [1.807, 2.05) is 104 Å². The molecular weight excluding hydrogens is 617 g/mol. The molecule has 9 heteroatoms. The Morgan fingerprint density at radius 3 is 1.36 bits per heavy atom. The van der Waals surface area contributed by atoms with Crippen LogP contribution in [0.3, 0.4) is 0 Å². The number of azo groups is 2. The molecule has 0 amide bonds. The molecule has 6 nitrogen and oxygen atoms in total. The Kier molecular flexibility index (Phi) is 9.80. The molecule has 0 atom stereocenters. The molecule has 0 aliphatic rings. The van der Waals surface area contributed by atoms with Crippen LogP contribution in [-0.2, 0) is 12.6 Å². The first-order valence-corrected chi connectivity index (χ1v) is 25.1. The van der Waals surface area contributed by atoms with E-state index in [1.165, 1.54) is 0 Å². The molecule has 0 fully saturated rings. The fourth-order valence-corrected chi connectivity index (χ4v) is 22.4. The van der Waals surface area contributed by atoms with Gasteiger partial charge in [0.1, 0.15) is 0 Å². The predicted molar refractivity (Wildman–Crippen MR) is 169 cm³/mol. The number of hydrogen-bond acceptors (Lipinski definition) is 7. The van der Waals surface area contributed by atoms with Gasteiger partial charge < -0.3 is 0 Å². The molecule has 5 aromatic rings. The first-order valence-electron chi connectivity index (χ1n) is 13.6. The topological polar surface area (TPSA) is 67.9 Å². The van der Waals surface area contributed by atoms with Gasteiger partial charge in [0.25, 0.3) is 0 Å². The molecule has 0 heterocycles. The summed E-state index contributed by atoms with van der Waals surface area (Å²) in [6.07, 6.45) is 0. The summed E-state index contributed by atoms with van der Waals surface area (Å²) in [6.45, 7) is 2.00. The molecule has 0 aliphatic heterocycles. The maximum absolute atomic E-state index is 7.82. The van der Waals surface area contributed by atoms with Crippen LogP contribution in [0.1, 0.15) is 5.56 Å². The second kappa shape index (κ2) is 13.9. The number of ether oxygens (including phenoxy) is 2. The van der Waals surface area contributed by atoms with Gasteiger partial charge in [-0.15, -0.1) is 0 Å². The van der Waals surface area contributed by atoms with Gasteiger partial charge in [-0.2, -0.15) is 0 Å². The van der Waals surface area contributed by atoms with E-state index in [1.54, 1.807) is 24.0 Å². The normalized spacial score (nSPS) is 11.3. The van der Waals surface area contributed by atoms with Crippen molar-refractivity contribution < 1.29 is 22.0 Å². The summed E-state index contributed by atoms with van der Waals surface area (Å²) < 4.78 is 13.6. The minimum absolute atomic E-state index is 0.755. The Morgan fingerprint density at radius 1 is 0.548 bits per heavy atom. The van der Waals surface area contributed by atoms with Crippen LogP contribution in [0.4, 0.5) is 22.7 Å². The van der Waals surface area contributed by atoms with Crippen molar-refractivity contribution in [2.75, 3.05) is 14.2 Å². The average Bonchev–Trinajstić information content (AvgIpc) is 3.04. The summed E-state index contributed by atoms with van der Waals surface area (Å²) in [5.41, 5.74) is 4.11. The van der Waals surface area contributed by atoms with E-state index in [0.717, 1.165) is 53.0 Å². The van der Waals surface area contributed by atoms with E-state index in [2.05, 4.69) is 44.7 Å². The van der Waals surface area contributed by atoms with Crippen molar-refractivity contribution in [3.8, 4) is 11.5 Å². The average molecular weight is 647 g/mol. The predicted octanol–water partition coefficient (Wildman–Crippen LogP) is 9.81. The van der Waals surface area contributed by atoms with Crippen molar-refractivity contribution >= 4 is 50.5 Å². The van der Waals surface area contributed by atoms with E-state index in [4.69, 9.17) is 19.2 Å². The first-order chi connectivity index (χ1) is 20.5. The summed E-state index contributed by atoms with van der Waals surface area (Å²) in [5, 5.41) is 17.5. The summed E-state index contributed by atoms with van der Waals surface area (Å²) in [7, 11) is 12.9. The molecule has 0 N–H and O–H groups in total. The van der Waals surface area contributed by atoms with Crippen LogP contribution in [0.15, 0.2) is 147 Å². The van der Waals surface area contributed by atoms with Crippen molar-refractivity contribution in [3.63, 3.8) is 0 Å². The molecule has 0 spiro atoms. The molecule has 208 valence electrons. The zero-order valence-corrected chi connectivity index (χ0v) is 28.2. The number of halogens is 1. The number of rotatable bonds is 10. The molecule has 0 aromatic heterocycles. The summed E-state index contributed by atoms with van der Waals surface area (Å²) >= 11 is -4.07. The molecule has 0 bridgehead atoms. The summed E-state index contributed by atoms with van der Waals surface area (Å²) in [4.78, 5) is 0.940. The second-order valence-electron chi connectivity index (χ2n) is 9.86. The third kappa shape index (κ3) is 7.14. The van der Waals surface area contributed by atoms with Crippen LogP contribution >= 0.6 is 19.4 Å². The molecule has 0 saturated carbocycles. The van der Waals surface area contributed by atoms with Crippen molar-refractivity contribution in [2.45, 2.75) is 11.8 Å². The third-order valence-electron chi connectivity index (χ3n) is 7.03. The fraction of sp³-hybridized carbons (Fsp3) is 0.0909. The summed E-state index contributed by atoms with van der Waals surface area (Å²) in [6, 6.07) is 39.5. The van der Waals surface area contributed by atoms with Gasteiger partial charge >= 0.3 is 257 Å². The van der Waals surface area contributed by atoms with E-state index < -0.39 is 12.6 Å². The van der Waals surface area contributed by atoms with Gasteiger partial charge in [0.2, 0.25) is 0 Å². The zero-order valence-electron chi connectivity index (χ0n) is 23.6. The third-order valence-corrected chi connectivity index (χ3v) is 27.3. The summed E-state index contributed by atoms with van der Waals surface area (Å²) in [5.74, 6) is 1.56. The van der Waals surface area contributed by atoms with E-state index >= 15 is 0 Å². The molecule has 5 rings (SSSR count). The van der Waals surface area contributed by atoms with Gasteiger partial charge in [0.15, 0.2) is 0 Å². The zero-order chi connectivity index (χ0) is 29.4. The molecule has 0 saturated heterocycles. The number of nitrogens with zero attached hydrogens (tertiary/aromatic N) is 4. The SMILES string of the molecule is COc1cc([S][Zn]([Cl])([c]2ccc(/N=N/c3ccccc3)cc2)[c]2ccc(/N=N/c3ccccc3)cc2)c(OC)cc1C. The van der Waals surface area contributed by atoms with E-state index in [-0.39, 0.29) is 0 Å². The van der Waals surface area contributed by atoms with Crippen LogP contribution in [0.5, 0.6) is 11.5 Å². The van der Waals surface area contributed by atoms with Crippen molar-refractivity contribution in [1.82, 2.24) is 0 Å². The Hall–Kier alpha value is -3.84. The standard InChI is InChI=1S/2C12H9N2.C9H12O2S.ClH.Zn/c2*1-3-7-11(8-4-1)13-14-12-9-5-2-6-10-12;1-6-4-8(11-3)9(12)5-7(6)10-2;;/h2*1,3-10H;4-5,12H,1-3H3;1H;/q;;;;+2/p-2/b2*14-13+;;;. The monoisotopic (exact) mass is 644 g/mol. The first kappa shape index (κ1) is 29.6. The number of aryl methyl sites for hydroxylation is 1. The van der Waals surface area contributed by atoms with Gasteiger partial charge in [-0.25, -0.2) is 0 Å². The number of benzene rings is 5. The van der Waals surface area contributed by atoms with Gasteiger partial charge in [-0.3, -0.25) is 0 Å². The Labute approximate surface area is 256 Å². The molecule has 42 heavy (non-hydrogen) atoms. The number of methoxy groups -OCH3 is 2. The van der Waals surface area contributed by atoms with Gasteiger partial charge in [-0.05, 0) is 0 Å². The van der Waals surface area contributed by atoms with Crippen LogP contribution in [-0.4, -0.2) is 14.2 Å². The van der Waals surface area contributed by atoms with Crippen molar-refractivity contribution in [2.24, 2.45) is 20.5 Å². The Balaban J connectivity index is 1.51. The second-order valence-corrected chi connectivity index (χ2v) is 29.7. The molecule has 0 radical (unpaired) electrons. The van der Waals surface area contributed by atoms with E-state index in [9.17, 15) is 0 Å². The minimum atomic E-state index is -4.07. The van der Waals surface area contributed by atoms with Gasteiger partial charge in [0, 0.05) is 0 Å². The Bertz CT molecular complexity index is 1590. The maximum atomic E-state index is 7.82. The van der Waals surface area contributed by atoms with Gasteiger partial charge in [-0.1, -0.05) is 0 Å². The van der Waals surface area contributed by atoms with Crippen LogP contribution < -0.4 is 17.8 Å². The molecule has 0 aliphatic carbocycles. The fourth-order valence-electron chi connectivity index (χ4n) is 4.70. The van der Waals surface area contributed by atoms with Crippen molar-refractivity contribution in [3.05, 3.63) is 127 Å². The van der Waals surface area contributed by atoms with Gasteiger partial charge in [0.05, 0.1) is 0 Å². The van der Waals surface area contributed by atoms with E-state index in [0.29, 0.717) is 0 Å². The van der Waals surface area contributed by atoms with Crippen LogP contribution in [0.25, 0.3) is 0 Å². The van der Waals surface area contributed by atoms with Crippen LogP contribution in [0.2, 0.25) is 0 Å². The molecule has 0 unspecified atom stereocenters. The quantitative estimate of drug-likeness (QED) is 0.112.